The van der Waals surface area contributed by atoms with Gasteiger partial charge in [-0.2, -0.15) is 0 Å². The van der Waals surface area contributed by atoms with Gasteiger partial charge in [-0.25, -0.2) is 0 Å². The molecule has 104 valence electrons. The zero-order valence-corrected chi connectivity index (χ0v) is 11.4. The van der Waals surface area contributed by atoms with Gasteiger partial charge in [-0.05, 0) is 37.6 Å². The monoisotopic (exact) mass is 262 g/mol. The van der Waals surface area contributed by atoms with E-state index in [1.165, 1.54) is 12.8 Å². The van der Waals surface area contributed by atoms with E-state index in [0.29, 0.717) is 6.04 Å². The summed E-state index contributed by atoms with van der Waals surface area (Å²) in [6.45, 7) is 0.894. The zero-order chi connectivity index (χ0) is 13.5. The first-order valence-corrected chi connectivity index (χ1v) is 6.93. The number of nitrogens with one attached hydrogen (secondary N) is 2. The van der Waals surface area contributed by atoms with Gasteiger partial charge in [0.15, 0.2) is 6.61 Å². The molecule has 1 saturated carbocycles. The van der Waals surface area contributed by atoms with Crippen molar-refractivity contribution in [1.82, 2.24) is 10.6 Å². The fourth-order valence-electron chi connectivity index (χ4n) is 2.44. The van der Waals surface area contributed by atoms with E-state index in [0.717, 1.165) is 30.7 Å². The first kappa shape index (κ1) is 13.9. The Bertz CT molecular complexity index is 414. The van der Waals surface area contributed by atoms with Gasteiger partial charge in [0.25, 0.3) is 5.91 Å². The smallest absolute Gasteiger partial charge is 0.258 e. The number of amides is 1. The number of hydrogen-bond acceptors (Lipinski definition) is 3. The van der Waals surface area contributed by atoms with E-state index in [4.69, 9.17) is 4.74 Å². The summed E-state index contributed by atoms with van der Waals surface area (Å²) in [7, 11) is 1.91. The highest BCUT2D eigenvalue weighted by Gasteiger charge is 2.17. The first-order chi connectivity index (χ1) is 9.28. The molecule has 1 aliphatic rings. The van der Waals surface area contributed by atoms with Crippen molar-refractivity contribution in [2.24, 2.45) is 0 Å². The number of hydrogen-bond donors (Lipinski definition) is 2. The summed E-state index contributed by atoms with van der Waals surface area (Å²) >= 11 is 0. The topological polar surface area (TPSA) is 50.4 Å². The molecule has 0 atom stereocenters. The lowest BCUT2D eigenvalue weighted by Gasteiger charge is -2.12. The van der Waals surface area contributed by atoms with Gasteiger partial charge in [0.2, 0.25) is 0 Å². The Hall–Kier alpha value is -1.55. The van der Waals surface area contributed by atoms with Gasteiger partial charge >= 0.3 is 0 Å². The average Bonchev–Trinajstić information content (AvgIpc) is 2.90. The summed E-state index contributed by atoms with van der Waals surface area (Å²) < 4.78 is 5.53. The number of carbonyl (C=O) groups is 1. The molecule has 1 aromatic carbocycles. The predicted octanol–water partition coefficient (Wildman–Crippen LogP) is 1.84. The molecule has 2 N–H and O–H groups in total. The SMILES string of the molecule is CNCc1cccc(OCC(=O)NC2CCCC2)c1. The fourth-order valence-corrected chi connectivity index (χ4v) is 2.44. The molecule has 0 heterocycles. The molecule has 1 aliphatic carbocycles. The van der Waals surface area contributed by atoms with Crippen LogP contribution in [0.2, 0.25) is 0 Å². The van der Waals surface area contributed by atoms with Crippen LogP contribution in [0.25, 0.3) is 0 Å². The molecular weight excluding hydrogens is 240 g/mol. The number of ether oxygens (including phenoxy) is 1. The minimum absolute atomic E-state index is 0.0223. The Labute approximate surface area is 114 Å². The lowest BCUT2D eigenvalue weighted by molar-refractivity contribution is -0.123. The van der Waals surface area contributed by atoms with Crippen LogP contribution in [0.5, 0.6) is 5.75 Å². The van der Waals surface area contributed by atoms with Gasteiger partial charge in [0.05, 0.1) is 0 Å². The van der Waals surface area contributed by atoms with Crippen LogP contribution >= 0.6 is 0 Å². The summed E-state index contributed by atoms with van der Waals surface area (Å²) in [6.07, 6.45) is 4.64. The average molecular weight is 262 g/mol. The summed E-state index contributed by atoms with van der Waals surface area (Å²) in [5.41, 5.74) is 1.15. The molecule has 0 radical (unpaired) electrons. The highest BCUT2D eigenvalue weighted by Crippen LogP contribution is 2.17. The summed E-state index contributed by atoms with van der Waals surface area (Å²) in [6, 6.07) is 8.16. The van der Waals surface area contributed by atoms with Crippen molar-refractivity contribution in [2.45, 2.75) is 38.3 Å². The number of rotatable bonds is 6. The molecular formula is C15H22N2O2. The van der Waals surface area contributed by atoms with Gasteiger partial charge in [-0.1, -0.05) is 25.0 Å². The van der Waals surface area contributed by atoms with Crippen LogP contribution in [0.4, 0.5) is 0 Å². The molecule has 1 amide bonds. The van der Waals surface area contributed by atoms with Gasteiger partial charge < -0.3 is 15.4 Å². The van der Waals surface area contributed by atoms with Crippen LogP contribution in [-0.2, 0) is 11.3 Å². The van der Waals surface area contributed by atoms with Gasteiger partial charge in [-0.15, -0.1) is 0 Å². The molecule has 0 bridgehead atoms. The minimum atomic E-state index is -0.0223. The van der Waals surface area contributed by atoms with Crippen molar-refractivity contribution >= 4 is 5.91 Å². The van der Waals surface area contributed by atoms with Crippen LogP contribution in [0.15, 0.2) is 24.3 Å². The fraction of sp³-hybridized carbons (Fsp3) is 0.533. The Morgan fingerprint density at radius 2 is 2.16 bits per heavy atom. The third kappa shape index (κ3) is 4.56. The third-order valence-corrected chi connectivity index (χ3v) is 3.37. The second-order valence-electron chi connectivity index (χ2n) is 5.02. The normalized spacial score (nSPS) is 15.4. The molecule has 2 rings (SSSR count). The van der Waals surface area contributed by atoms with E-state index in [-0.39, 0.29) is 12.5 Å². The van der Waals surface area contributed by atoms with Crippen molar-refractivity contribution < 1.29 is 9.53 Å². The van der Waals surface area contributed by atoms with Crippen LogP contribution in [0.3, 0.4) is 0 Å². The van der Waals surface area contributed by atoms with Crippen molar-refractivity contribution in [2.75, 3.05) is 13.7 Å². The van der Waals surface area contributed by atoms with E-state index in [9.17, 15) is 4.79 Å². The standard InChI is InChI=1S/C15H22N2O2/c1-16-10-12-5-4-8-14(9-12)19-11-15(18)17-13-6-2-3-7-13/h4-5,8-9,13,16H,2-3,6-7,10-11H2,1H3,(H,17,18). The van der Waals surface area contributed by atoms with Crippen molar-refractivity contribution in [3.8, 4) is 5.75 Å². The van der Waals surface area contributed by atoms with Crippen LogP contribution < -0.4 is 15.4 Å². The van der Waals surface area contributed by atoms with E-state index in [1.807, 2.05) is 31.3 Å². The largest absolute Gasteiger partial charge is 0.484 e. The second kappa shape index (κ2) is 7.14. The third-order valence-electron chi connectivity index (χ3n) is 3.37. The quantitative estimate of drug-likeness (QED) is 0.822. The second-order valence-corrected chi connectivity index (χ2v) is 5.02. The zero-order valence-electron chi connectivity index (χ0n) is 11.4. The van der Waals surface area contributed by atoms with E-state index < -0.39 is 0 Å². The van der Waals surface area contributed by atoms with Gasteiger partial charge in [0.1, 0.15) is 5.75 Å². The molecule has 0 aliphatic heterocycles. The lowest BCUT2D eigenvalue weighted by Crippen LogP contribution is -2.36. The Morgan fingerprint density at radius 3 is 2.89 bits per heavy atom. The molecule has 0 aromatic heterocycles. The summed E-state index contributed by atoms with van der Waals surface area (Å²) in [5, 5.41) is 6.10. The Morgan fingerprint density at radius 1 is 1.37 bits per heavy atom. The van der Waals surface area contributed by atoms with Crippen molar-refractivity contribution in [1.29, 1.82) is 0 Å². The van der Waals surface area contributed by atoms with Crippen LogP contribution in [-0.4, -0.2) is 25.6 Å². The Kier molecular flexibility index (Phi) is 5.21. The van der Waals surface area contributed by atoms with Crippen LogP contribution in [0.1, 0.15) is 31.2 Å². The van der Waals surface area contributed by atoms with Gasteiger partial charge in [0, 0.05) is 12.6 Å². The maximum atomic E-state index is 11.7. The van der Waals surface area contributed by atoms with Crippen molar-refractivity contribution in [3.63, 3.8) is 0 Å². The molecule has 0 saturated heterocycles. The number of benzene rings is 1. The summed E-state index contributed by atoms with van der Waals surface area (Å²) in [4.78, 5) is 11.7. The summed E-state index contributed by atoms with van der Waals surface area (Å²) in [5.74, 6) is 0.722. The first-order valence-electron chi connectivity index (χ1n) is 6.93. The minimum Gasteiger partial charge on any atom is -0.484 e. The highest BCUT2D eigenvalue weighted by molar-refractivity contribution is 5.77. The lowest BCUT2D eigenvalue weighted by atomic mass is 10.2. The molecule has 0 spiro atoms. The van der Waals surface area contributed by atoms with E-state index in [2.05, 4.69) is 10.6 Å². The molecule has 4 nitrogen and oxygen atoms in total. The molecule has 19 heavy (non-hydrogen) atoms. The number of carbonyl (C=O) groups excluding carboxylic acids is 1. The van der Waals surface area contributed by atoms with Gasteiger partial charge in [-0.3, -0.25) is 4.79 Å². The molecule has 4 heteroatoms. The van der Waals surface area contributed by atoms with E-state index >= 15 is 0 Å². The molecule has 1 aromatic rings. The maximum absolute atomic E-state index is 11.7. The highest BCUT2D eigenvalue weighted by atomic mass is 16.5. The van der Waals surface area contributed by atoms with Crippen molar-refractivity contribution in [3.05, 3.63) is 29.8 Å². The Balaban J connectivity index is 1.77. The molecule has 0 unspecified atom stereocenters. The van der Waals surface area contributed by atoms with Crippen LogP contribution in [0, 0.1) is 0 Å². The predicted molar refractivity (Wildman–Crippen MR) is 75.1 cm³/mol. The molecule has 1 fully saturated rings. The maximum Gasteiger partial charge on any atom is 0.258 e. The van der Waals surface area contributed by atoms with E-state index in [1.54, 1.807) is 0 Å².